The van der Waals surface area contributed by atoms with Crippen molar-refractivity contribution in [3.63, 3.8) is 0 Å². The van der Waals surface area contributed by atoms with E-state index >= 15 is 0 Å². The predicted molar refractivity (Wildman–Crippen MR) is 62.7 cm³/mol. The monoisotopic (exact) mass is 212 g/mol. The van der Waals surface area contributed by atoms with Gasteiger partial charge in [-0.15, -0.1) is 0 Å². The van der Waals surface area contributed by atoms with E-state index in [1.807, 2.05) is 0 Å². The second-order valence-corrected chi connectivity index (χ2v) is 5.64. The lowest BCUT2D eigenvalue weighted by molar-refractivity contribution is -0.121. The van der Waals surface area contributed by atoms with Crippen LogP contribution >= 0.6 is 0 Å². The molecule has 15 heavy (non-hydrogen) atoms. The molecule has 0 heterocycles. The summed E-state index contributed by atoms with van der Waals surface area (Å²) in [5, 5.41) is 6.29. The second kappa shape index (κ2) is 5.50. The van der Waals surface area contributed by atoms with Crippen LogP contribution in [0.3, 0.4) is 0 Å². The largest absolute Gasteiger partial charge is 0.356 e. The molecule has 88 valence electrons. The van der Waals surface area contributed by atoms with Crippen molar-refractivity contribution in [2.75, 3.05) is 13.1 Å². The predicted octanol–water partition coefficient (Wildman–Crippen LogP) is 1.68. The average Bonchev–Trinajstić information content (AvgIpc) is 2.85. The zero-order valence-electron chi connectivity index (χ0n) is 10.2. The minimum Gasteiger partial charge on any atom is -0.356 e. The lowest BCUT2D eigenvalue weighted by atomic mass is 9.92. The Bertz CT molecular complexity index is 204. The van der Waals surface area contributed by atoms with Crippen LogP contribution in [0, 0.1) is 5.41 Å². The van der Waals surface area contributed by atoms with Crippen LogP contribution in [0.2, 0.25) is 0 Å². The third-order valence-electron chi connectivity index (χ3n) is 2.56. The molecule has 0 bridgehead atoms. The summed E-state index contributed by atoms with van der Waals surface area (Å²) in [4.78, 5) is 11.4. The molecule has 0 aromatic heterocycles. The topological polar surface area (TPSA) is 41.1 Å². The SMILES string of the molecule is CC(C)(C)CCNC(=O)CCNC1CC1. The molecule has 0 aliphatic heterocycles. The van der Waals surface area contributed by atoms with Crippen LogP contribution in [-0.4, -0.2) is 25.0 Å². The summed E-state index contributed by atoms with van der Waals surface area (Å²) < 4.78 is 0. The summed E-state index contributed by atoms with van der Waals surface area (Å²) in [7, 11) is 0. The molecule has 1 saturated carbocycles. The maximum absolute atomic E-state index is 11.4. The van der Waals surface area contributed by atoms with Crippen LogP contribution in [0.25, 0.3) is 0 Å². The smallest absolute Gasteiger partial charge is 0.221 e. The molecule has 0 aromatic carbocycles. The van der Waals surface area contributed by atoms with Gasteiger partial charge < -0.3 is 10.6 Å². The van der Waals surface area contributed by atoms with E-state index in [1.54, 1.807) is 0 Å². The molecule has 0 spiro atoms. The van der Waals surface area contributed by atoms with Crippen LogP contribution in [-0.2, 0) is 4.79 Å². The van der Waals surface area contributed by atoms with Crippen LogP contribution < -0.4 is 10.6 Å². The molecule has 0 atom stereocenters. The van der Waals surface area contributed by atoms with Crippen molar-refractivity contribution >= 4 is 5.91 Å². The molecule has 1 aliphatic rings. The first-order valence-corrected chi connectivity index (χ1v) is 5.97. The fourth-order valence-electron chi connectivity index (χ4n) is 1.34. The number of amides is 1. The van der Waals surface area contributed by atoms with E-state index < -0.39 is 0 Å². The third kappa shape index (κ3) is 7.37. The molecule has 1 fully saturated rings. The van der Waals surface area contributed by atoms with Gasteiger partial charge in [0.2, 0.25) is 5.91 Å². The lowest BCUT2D eigenvalue weighted by Gasteiger charge is -2.18. The number of nitrogens with one attached hydrogen (secondary N) is 2. The normalized spacial score (nSPS) is 16.5. The van der Waals surface area contributed by atoms with Gasteiger partial charge in [0, 0.05) is 25.6 Å². The number of carbonyl (C=O) groups is 1. The Morgan fingerprint density at radius 3 is 2.47 bits per heavy atom. The van der Waals surface area contributed by atoms with Crippen molar-refractivity contribution in [1.29, 1.82) is 0 Å². The van der Waals surface area contributed by atoms with Crippen LogP contribution in [0.1, 0.15) is 46.5 Å². The highest BCUT2D eigenvalue weighted by atomic mass is 16.1. The first-order valence-electron chi connectivity index (χ1n) is 5.97. The molecular formula is C12H24N2O. The van der Waals surface area contributed by atoms with Gasteiger partial charge in [-0.3, -0.25) is 4.79 Å². The van der Waals surface area contributed by atoms with E-state index in [4.69, 9.17) is 0 Å². The zero-order valence-corrected chi connectivity index (χ0v) is 10.2. The van der Waals surface area contributed by atoms with Crippen molar-refractivity contribution in [3.05, 3.63) is 0 Å². The van der Waals surface area contributed by atoms with Gasteiger partial charge in [0.05, 0.1) is 0 Å². The van der Waals surface area contributed by atoms with E-state index in [0.717, 1.165) is 19.5 Å². The maximum Gasteiger partial charge on any atom is 0.221 e. The minimum absolute atomic E-state index is 0.174. The molecular weight excluding hydrogens is 188 g/mol. The van der Waals surface area contributed by atoms with Gasteiger partial charge in [-0.05, 0) is 24.7 Å². The van der Waals surface area contributed by atoms with Crippen LogP contribution in [0.15, 0.2) is 0 Å². The third-order valence-corrected chi connectivity index (χ3v) is 2.56. The standard InChI is InChI=1S/C12H24N2O/c1-12(2,3)7-9-14-11(15)6-8-13-10-4-5-10/h10,13H,4-9H2,1-3H3,(H,14,15). The minimum atomic E-state index is 0.174. The second-order valence-electron chi connectivity index (χ2n) is 5.64. The molecule has 3 heteroatoms. The van der Waals surface area contributed by atoms with Crippen molar-refractivity contribution in [2.45, 2.75) is 52.5 Å². The van der Waals surface area contributed by atoms with E-state index in [2.05, 4.69) is 31.4 Å². The Labute approximate surface area is 93.0 Å². The van der Waals surface area contributed by atoms with Crippen LogP contribution in [0.4, 0.5) is 0 Å². The zero-order chi connectivity index (χ0) is 11.3. The quantitative estimate of drug-likeness (QED) is 0.703. The van der Waals surface area contributed by atoms with Gasteiger partial charge >= 0.3 is 0 Å². The van der Waals surface area contributed by atoms with Gasteiger partial charge in [0.25, 0.3) is 0 Å². The van der Waals surface area contributed by atoms with Crippen molar-refractivity contribution < 1.29 is 4.79 Å². The highest BCUT2D eigenvalue weighted by Crippen LogP contribution is 2.18. The Kier molecular flexibility index (Phi) is 4.58. The highest BCUT2D eigenvalue weighted by Gasteiger charge is 2.20. The molecule has 1 amide bonds. The fraction of sp³-hybridized carbons (Fsp3) is 0.917. The van der Waals surface area contributed by atoms with E-state index in [9.17, 15) is 4.79 Å². The van der Waals surface area contributed by atoms with Gasteiger partial charge in [0.1, 0.15) is 0 Å². The van der Waals surface area contributed by atoms with Crippen molar-refractivity contribution in [3.8, 4) is 0 Å². The summed E-state index contributed by atoms with van der Waals surface area (Å²) in [5.74, 6) is 0.174. The molecule has 1 rings (SSSR count). The highest BCUT2D eigenvalue weighted by molar-refractivity contribution is 5.76. The molecule has 0 saturated heterocycles. The van der Waals surface area contributed by atoms with Gasteiger partial charge in [-0.2, -0.15) is 0 Å². The first-order chi connectivity index (χ1) is 6.97. The summed E-state index contributed by atoms with van der Waals surface area (Å²) in [5.41, 5.74) is 0.305. The molecule has 1 aliphatic carbocycles. The summed E-state index contributed by atoms with van der Waals surface area (Å²) in [6, 6.07) is 0.701. The molecule has 2 N–H and O–H groups in total. The maximum atomic E-state index is 11.4. The molecule has 0 radical (unpaired) electrons. The Morgan fingerprint density at radius 1 is 1.27 bits per heavy atom. The van der Waals surface area contributed by atoms with Gasteiger partial charge in [0.15, 0.2) is 0 Å². The number of carbonyl (C=O) groups excluding carboxylic acids is 1. The number of hydrogen-bond acceptors (Lipinski definition) is 2. The molecule has 0 unspecified atom stereocenters. The number of hydrogen-bond donors (Lipinski definition) is 2. The fourth-order valence-corrected chi connectivity index (χ4v) is 1.34. The first kappa shape index (κ1) is 12.5. The average molecular weight is 212 g/mol. The number of rotatable bonds is 6. The van der Waals surface area contributed by atoms with Crippen molar-refractivity contribution in [2.24, 2.45) is 5.41 Å². The van der Waals surface area contributed by atoms with E-state index in [0.29, 0.717) is 17.9 Å². The Morgan fingerprint density at radius 2 is 1.93 bits per heavy atom. The molecule has 0 aromatic rings. The lowest BCUT2D eigenvalue weighted by Crippen LogP contribution is -2.30. The van der Waals surface area contributed by atoms with Gasteiger partial charge in [-0.25, -0.2) is 0 Å². The van der Waals surface area contributed by atoms with Crippen LogP contribution in [0.5, 0.6) is 0 Å². The summed E-state index contributed by atoms with van der Waals surface area (Å²) >= 11 is 0. The summed E-state index contributed by atoms with van der Waals surface area (Å²) in [6.07, 6.45) is 4.22. The summed E-state index contributed by atoms with van der Waals surface area (Å²) in [6.45, 7) is 8.19. The Hall–Kier alpha value is -0.570. The van der Waals surface area contributed by atoms with E-state index in [1.165, 1.54) is 12.8 Å². The van der Waals surface area contributed by atoms with Crippen molar-refractivity contribution in [1.82, 2.24) is 10.6 Å². The van der Waals surface area contributed by atoms with E-state index in [-0.39, 0.29) is 5.91 Å². The molecule has 3 nitrogen and oxygen atoms in total. The van der Waals surface area contributed by atoms with Gasteiger partial charge in [-0.1, -0.05) is 20.8 Å². The Balaban J connectivity index is 1.93.